The quantitative estimate of drug-likeness (QED) is 0.593. The maximum Gasteiger partial charge on any atom is 0.320 e. The fourth-order valence-corrected chi connectivity index (χ4v) is 2.28. The number of rotatable bonds is 0. The monoisotopic (exact) mass is 211 g/mol. The Balaban J connectivity index is 1.84. The zero-order valence-electron chi connectivity index (χ0n) is 9.61. The molecule has 0 saturated carbocycles. The predicted octanol–water partition coefficient (Wildman–Crippen LogP) is 0.840. The zero-order chi connectivity index (χ0) is 10.7. The Hall–Kier alpha value is -0.770. The van der Waals surface area contributed by atoms with Crippen molar-refractivity contribution in [1.82, 2.24) is 14.7 Å². The molecule has 0 spiro atoms. The summed E-state index contributed by atoms with van der Waals surface area (Å²) in [5.74, 6) is 0. The summed E-state index contributed by atoms with van der Waals surface area (Å²) < 4.78 is 0. The molecule has 0 unspecified atom stereocenters. The van der Waals surface area contributed by atoms with Crippen molar-refractivity contribution in [2.45, 2.75) is 19.3 Å². The van der Waals surface area contributed by atoms with Crippen LogP contribution in [0, 0.1) is 0 Å². The number of piperidine rings is 1. The molecule has 2 aliphatic rings. The van der Waals surface area contributed by atoms with E-state index < -0.39 is 0 Å². The van der Waals surface area contributed by atoms with Crippen molar-refractivity contribution in [3.05, 3.63) is 0 Å². The van der Waals surface area contributed by atoms with Crippen LogP contribution in [0.3, 0.4) is 0 Å². The van der Waals surface area contributed by atoms with E-state index in [4.69, 9.17) is 0 Å². The molecule has 86 valence electrons. The summed E-state index contributed by atoms with van der Waals surface area (Å²) in [5, 5.41) is 0. The van der Waals surface area contributed by atoms with Crippen LogP contribution in [0.25, 0.3) is 0 Å². The van der Waals surface area contributed by atoms with Crippen LogP contribution in [0.1, 0.15) is 19.3 Å². The topological polar surface area (TPSA) is 26.8 Å². The number of piperazine rings is 1. The number of hydrogen-bond donors (Lipinski definition) is 0. The molecule has 0 aromatic heterocycles. The van der Waals surface area contributed by atoms with Crippen LogP contribution in [-0.2, 0) is 0 Å². The van der Waals surface area contributed by atoms with Crippen molar-refractivity contribution in [3.63, 3.8) is 0 Å². The Morgan fingerprint density at radius 2 is 1.33 bits per heavy atom. The second kappa shape index (κ2) is 4.84. The van der Waals surface area contributed by atoms with E-state index >= 15 is 0 Å². The molecule has 0 radical (unpaired) electrons. The summed E-state index contributed by atoms with van der Waals surface area (Å²) in [6.45, 7) is 5.74. The number of likely N-dealkylation sites (tertiary alicyclic amines) is 1. The van der Waals surface area contributed by atoms with Crippen molar-refractivity contribution in [2.75, 3.05) is 46.3 Å². The van der Waals surface area contributed by atoms with Gasteiger partial charge in [-0.3, -0.25) is 0 Å². The summed E-state index contributed by atoms with van der Waals surface area (Å²) in [6.07, 6.45) is 3.64. The van der Waals surface area contributed by atoms with Gasteiger partial charge in [0.05, 0.1) is 0 Å². The number of urea groups is 1. The first-order valence-electron chi connectivity index (χ1n) is 6.00. The Kier molecular flexibility index (Phi) is 3.46. The van der Waals surface area contributed by atoms with E-state index in [1.807, 2.05) is 9.80 Å². The molecule has 2 saturated heterocycles. The molecule has 2 heterocycles. The summed E-state index contributed by atoms with van der Waals surface area (Å²) in [7, 11) is 2.11. The van der Waals surface area contributed by atoms with E-state index in [1.54, 1.807) is 0 Å². The van der Waals surface area contributed by atoms with Gasteiger partial charge in [-0.25, -0.2) is 4.79 Å². The third-order valence-corrected chi connectivity index (χ3v) is 3.40. The molecule has 15 heavy (non-hydrogen) atoms. The summed E-state index contributed by atoms with van der Waals surface area (Å²) in [6, 6.07) is 0.266. The molecule has 4 heteroatoms. The molecule has 0 aromatic carbocycles. The lowest BCUT2D eigenvalue weighted by Gasteiger charge is -2.37. The van der Waals surface area contributed by atoms with Gasteiger partial charge in [-0.05, 0) is 26.3 Å². The maximum absolute atomic E-state index is 12.1. The average molecular weight is 211 g/mol. The van der Waals surface area contributed by atoms with Gasteiger partial charge in [-0.15, -0.1) is 0 Å². The van der Waals surface area contributed by atoms with Crippen molar-refractivity contribution in [1.29, 1.82) is 0 Å². The molecular weight excluding hydrogens is 190 g/mol. The van der Waals surface area contributed by atoms with Crippen molar-refractivity contribution >= 4 is 6.03 Å². The summed E-state index contributed by atoms with van der Waals surface area (Å²) in [4.78, 5) is 18.4. The predicted molar refractivity (Wildman–Crippen MR) is 59.9 cm³/mol. The fraction of sp³-hybridized carbons (Fsp3) is 0.909. The molecular formula is C11H21N3O. The summed E-state index contributed by atoms with van der Waals surface area (Å²) in [5.41, 5.74) is 0. The first-order chi connectivity index (χ1) is 7.27. The number of carbonyl (C=O) groups excluding carboxylic acids is 1. The summed E-state index contributed by atoms with van der Waals surface area (Å²) >= 11 is 0. The van der Waals surface area contributed by atoms with Crippen LogP contribution in [0.15, 0.2) is 0 Å². The van der Waals surface area contributed by atoms with Crippen LogP contribution >= 0.6 is 0 Å². The average Bonchev–Trinajstić information content (AvgIpc) is 2.30. The second-order valence-corrected chi connectivity index (χ2v) is 4.62. The minimum absolute atomic E-state index is 0.266. The highest BCUT2D eigenvalue weighted by atomic mass is 16.2. The first-order valence-corrected chi connectivity index (χ1v) is 6.00. The van der Waals surface area contributed by atoms with Gasteiger partial charge in [0.25, 0.3) is 0 Å². The number of nitrogens with zero attached hydrogens (tertiary/aromatic N) is 3. The van der Waals surface area contributed by atoms with Gasteiger partial charge in [-0.2, -0.15) is 0 Å². The Labute approximate surface area is 91.8 Å². The highest BCUT2D eigenvalue weighted by Crippen LogP contribution is 2.12. The van der Waals surface area contributed by atoms with Crippen LogP contribution in [-0.4, -0.2) is 67.0 Å². The molecule has 2 fully saturated rings. The van der Waals surface area contributed by atoms with Gasteiger partial charge in [-0.1, -0.05) is 0 Å². The molecule has 0 aliphatic carbocycles. The van der Waals surface area contributed by atoms with E-state index in [0.717, 1.165) is 39.3 Å². The van der Waals surface area contributed by atoms with Crippen LogP contribution in [0.4, 0.5) is 4.79 Å². The van der Waals surface area contributed by atoms with E-state index in [2.05, 4.69) is 11.9 Å². The second-order valence-electron chi connectivity index (χ2n) is 4.62. The number of likely N-dealkylation sites (N-methyl/N-ethyl adjacent to an activating group) is 1. The smallest absolute Gasteiger partial charge is 0.320 e. The zero-order valence-corrected chi connectivity index (χ0v) is 9.61. The molecule has 2 rings (SSSR count). The van der Waals surface area contributed by atoms with Gasteiger partial charge < -0.3 is 14.7 Å². The minimum atomic E-state index is 0.266. The standard InChI is InChI=1S/C11H21N3O/c1-12-7-9-14(10-8-12)11(15)13-5-3-2-4-6-13/h2-10H2,1H3. The molecule has 0 aromatic rings. The third-order valence-electron chi connectivity index (χ3n) is 3.40. The minimum Gasteiger partial charge on any atom is -0.325 e. The molecule has 0 bridgehead atoms. The lowest BCUT2D eigenvalue weighted by molar-refractivity contribution is 0.116. The Morgan fingerprint density at radius 3 is 1.93 bits per heavy atom. The van der Waals surface area contributed by atoms with E-state index in [0.29, 0.717) is 0 Å². The van der Waals surface area contributed by atoms with E-state index in [9.17, 15) is 4.79 Å². The normalized spacial score (nSPS) is 24.3. The maximum atomic E-state index is 12.1. The van der Waals surface area contributed by atoms with Gasteiger partial charge in [0.1, 0.15) is 0 Å². The lowest BCUT2D eigenvalue weighted by Crippen LogP contribution is -2.52. The van der Waals surface area contributed by atoms with Crippen molar-refractivity contribution in [2.24, 2.45) is 0 Å². The van der Waals surface area contributed by atoms with Crippen LogP contribution < -0.4 is 0 Å². The number of carbonyl (C=O) groups is 1. The number of amides is 2. The number of hydrogen-bond acceptors (Lipinski definition) is 2. The molecule has 0 N–H and O–H groups in total. The van der Waals surface area contributed by atoms with E-state index in [1.165, 1.54) is 19.3 Å². The van der Waals surface area contributed by atoms with Gasteiger partial charge in [0.2, 0.25) is 0 Å². The Bertz CT molecular complexity index is 218. The highest BCUT2D eigenvalue weighted by molar-refractivity contribution is 5.74. The van der Waals surface area contributed by atoms with Crippen molar-refractivity contribution in [3.8, 4) is 0 Å². The van der Waals surface area contributed by atoms with Crippen LogP contribution in [0.2, 0.25) is 0 Å². The molecule has 4 nitrogen and oxygen atoms in total. The molecule has 2 amide bonds. The molecule has 0 atom stereocenters. The largest absolute Gasteiger partial charge is 0.325 e. The van der Waals surface area contributed by atoms with Crippen LogP contribution in [0.5, 0.6) is 0 Å². The third kappa shape index (κ3) is 2.62. The van der Waals surface area contributed by atoms with E-state index in [-0.39, 0.29) is 6.03 Å². The fourth-order valence-electron chi connectivity index (χ4n) is 2.28. The van der Waals surface area contributed by atoms with Gasteiger partial charge >= 0.3 is 6.03 Å². The van der Waals surface area contributed by atoms with Crippen molar-refractivity contribution < 1.29 is 4.79 Å². The first kappa shape index (κ1) is 10.7. The molecule has 2 aliphatic heterocycles. The van der Waals surface area contributed by atoms with Gasteiger partial charge in [0.15, 0.2) is 0 Å². The van der Waals surface area contributed by atoms with Gasteiger partial charge in [0, 0.05) is 39.3 Å². The Morgan fingerprint density at radius 1 is 0.800 bits per heavy atom. The SMILES string of the molecule is CN1CCN(C(=O)N2CCCCC2)CC1. The highest BCUT2D eigenvalue weighted by Gasteiger charge is 2.24. The lowest BCUT2D eigenvalue weighted by atomic mass is 10.1.